The summed E-state index contributed by atoms with van der Waals surface area (Å²) in [6.07, 6.45) is 5.59. The van der Waals surface area contributed by atoms with Crippen molar-refractivity contribution >= 4 is 21.8 Å². The summed E-state index contributed by atoms with van der Waals surface area (Å²) in [6, 6.07) is 13.2. The second-order valence-electron chi connectivity index (χ2n) is 7.89. The van der Waals surface area contributed by atoms with Crippen molar-refractivity contribution in [3.8, 4) is 11.4 Å². The highest BCUT2D eigenvalue weighted by molar-refractivity contribution is 6.05. The number of hydrogen-bond donors (Lipinski definition) is 0. The van der Waals surface area contributed by atoms with E-state index in [4.69, 9.17) is 4.74 Å². The van der Waals surface area contributed by atoms with Crippen molar-refractivity contribution in [3.63, 3.8) is 0 Å². The Bertz CT molecular complexity index is 1390. The molecule has 152 valence electrons. The molecule has 1 aliphatic carbocycles. The van der Waals surface area contributed by atoms with Gasteiger partial charge < -0.3 is 4.74 Å². The Hall–Kier alpha value is -3.41. The van der Waals surface area contributed by atoms with Gasteiger partial charge in [0.15, 0.2) is 0 Å². The lowest BCUT2D eigenvalue weighted by Gasteiger charge is -2.21. The van der Waals surface area contributed by atoms with E-state index in [1.807, 2.05) is 54.0 Å². The maximum atomic E-state index is 13.8. The molecule has 0 atom stereocenters. The van der Waals surface area contributed by atoms with E-state index < -0.39 is 0 Å². The smallest absolute Gasteiger partial charge is 0.336 e. The van der Waals surface area contributed by atoms with Crippen LogP contribution in [0.3, 0.4) is 0 Å². The van der Waals surface area contributed by atoms with Gasteiger partial charge in [0.1, 0.15) is 11.3 Å². The third kappa shape index (κ3) is 2.67. The predicted molar refractivity (Wildman–Crippen MR) is 118 cm³/mol. The first-order valence-corrected chi connectivity index (χ1v) is 10.3. The molecule has 0 radical (unpaired) electrons. The Morgan fingerprint density at radius 1 is 1.00 bits per heavy atom. The van der Waals surface area contributed by atoms with Crippen LogP contribution in [-0.2, 0) is 0 Å². The van der Waals surface area contributed by atoms with Crippen LogP contribution in [0, 0.1) is 6.92 Å². The van der Waals surface area contributed by atoms with Gasteiger partial charge in [-0.2, -0.15) is 0 Å². The zero-order valence-electron chi connectivity index (χ0n) is 17.1. The Balaban J connectivity index is 1.99. The topological polar surface area (TPSA) is 66.1 Å². The van der Waals surface area contributed by atoms with Crippen molar-refractivity contribution in [3.05, 3.63) is 75.1 Å². The van der Waals surface area contributed by atoms with E-state index in [1.165, 1.54) is 4.57 Å². The SMILES string of the molecule is COc1cccc2c1ncc1c(=O)n(-c3ccccc3C)c(=O)n(C3CCCC3)c12. The molecule has 0 N–H and O–H groups in total. The van der Waals surface area contributed by atoms with Gasteiger partial charge in [0.25, 0.3) is 5.56 Å². The molecular formula is C24H23N3O3. The van der Waals surface area contributed by atoms with Gasteiger partial charge >= 0.3 is 5.69 Å². The highest BCUT2D eigenvalue weighted by atomic mass is 16.5. The minimum Gasteiger partial charge on any atom is -0.494 e. The van der Waals surface area contributed by atoms with Crippen LogP contribution in [0.25, 0.3) is 27.5 Å². The van der Waals surface area contributed by atoms with Crippen molar-refractivity contribution in [2.75, 3.05) is 7.11 Å². The fourth-order valence-electron chi connectivity index (χ4n) is 4.70. The molecule has 0 saturated heterocycles. The van der Waals surface area contributed by atoms with Crippen molar-refractivity contribution in [2.45, 2.75) is 38.6 Å². The Morgan fingerprint density at radius 3 is 2.50 bits per heavy atom. The fraction of sp³-hybridized carbons (Fsp3) is 0.292. The van der Waals surface area contributed by atoms with Crippen LogP contribution in [0.2, 0.25) is 0 Å². The maximum absolute atomic E-state index is 13.8. The van der Waals surface area contributed by atoms with Crippen molar-refractivity contribution < 1.29 is 4.74 Å². The molecule has 0 bridgehead atoms. The standard InChI is InChI=1S/C24H23N3O3/c1-15-8-3-6-12-19(15)27-23(28)18-14-25-21-17(11-7-13-20(21)30-2)22(18)26(24(27)29)16-9-4-5-10-16/h3,6-8,11-14,16H,4-5,9-10H2,1-2H3. The largest absolute Gasteiger partial charge is 0.494 e. The summed E-state index contributed by atoms with van der Waals surface area (Å²) in [7, 11) is 1.60. The molecule has 0 aliphatic heterocycles. The van der Waals surface area contributed by atoms with Crippen LogP contribution >= 0.6 is 0 Å². The molecule has 1 aliphatic rings. The number of para-hydroxylation sites is 2. The highest BCUT2D eigenvalue weighted by Gasteiger charge is 2.25. The van der Waals surface area contributed by atoms with E-state index >= 15 is 0 Å². The number of fused-ring (bicyclic) bond motifs is 3. The number of nitrogens with zero attached hydrogens (tertiary/aromatic N) is 3. The number of aryl methyl sites for hydroxylation is 1. The molecule has 2 heterocycles. The van der Waals surface area contributed by atoms with Gasteiger partial charge in [0, 0.05) is 17.6 Å². The Morgan fingerprint density at radius 2 is 1.77 bits per heavy atom. The van der Waals surface area contributed by atoms with E-state index in [0.29, 0.717) is 27.9 Å². The van der Waals surface area contributed by atoms with Crippen LogP contribution < -0.4 is 16.0 Å². The van der Waals surface area contributed by atoms with Gasteiger partial charge in [0.05, 0.1) is 23.7 Å². The number of methoxy groups -OCH3 is 1. The molecule has 0 unspecified atom stereocenters. The molecular weight excluding hydrogens is 378 g/mol. The fourth-order valence-corrected chi connectivity index (χ4v) is 4.70. The summed E-state index contributed by atoms with van der Waals surface area (Å²) >= 11 is 0. The van der Waals surface area contributed by atoms with Crippen molar-refractivity contribution in [2.24, 2.45) is 0 Å². The zero-order chi connectivity index (χ0) is 20.8. The average Bonchev–Trinajstić information content (AvgIpc) is 3.29. The molecule has 6 heteroatoms. The summed E-state index contributed by atoms with van der Waals surface area (Å²) in [5, 5.41) is 1.22. The third-order valence-corrected chi connectivity index (χ3v) is 6.17. The van der Waals surface area contributed by atoms with Crippen molar-refractivity contribution in [1.29, 1.82) is 0 Å². The molecule has 4 aromatic rings. The number of benzene rings is 2. The highest BCUT2D eigenvalue weighted by Crippen LogP contribution is 2.34. The minimum absolute atomic E-state index is 0.0627. The van der Waals surface area contributed by atoms with Crippen molar-refractivity contribution in [1.82, 2.24) is 14.1 Å². The number of aromatic nitrogens is 3. The molecule has 0 spiro atoms. The first kappa shape index (κ1) is 18.6. The molecule has 5 rings (SSSR count). The second kappa shape index (κ2) is 7.13. The first-order valence-electron chi connectivity index (χ1n) is 10.3. The Kier molecular flexibility index (Phi) is 4.42. The molecule has 2 aromatic carbocycles. The lowest BCUT2D eigenvalue weighted by molar-refractivity contribution is 0.419. The normalized spacial score (nSPS) is 14.6. The van der Waals surface area contributed by atoms with Gasteiger partial charge in [-0.25, -0.2) is 9.36 Å². The second-order valence-corrected chi connectivity index (χ2v) is 7.89. The summed E-state index contributed by atoms with van der Waals surface area (Å²) in [4.78, 5) is 31.9. The predicted octanol–water partition coefficient (Wildman–Crippen LogP) is 4.13. The molecule has 1 fully saturated rings. The summed E-state index contributed by atoms with van der Waals surface area (Å²) in [5.41, 5.74) is 2.19. The summed E-state index contributed by atoms with van der Waals surface area (Å²) < 4.78 is 8.62. The number of rotatable bonds is 3. The van der Waals surface area contributed by atoms with Gasteiger partial charge in [-0.1, -0.05) is 43.2 Å². The van der Waals surface area contributed by atoms with Gasteiger partial charge in [-0.15, -0.1) is 0 Å². The van der Waals surface area contributed by atoms with Crippen LogP contribution in [-0.4, -0.2) is 21.2 Å². The van der Waals surface area contributed by atoms with E-state index in [9.17, 15) is 9.59 Å². The molecule has 2 aromatic heterocycles. The third-order valence-electron chi connectivity index (χ3n) is 6.17. The van der Waals surface area contributed by atoms with E-state index in [1.54, 1.807) is 13.3 Å². The molecule has 30 heavy (non-hydrogen) atoms. The number of ether oxygens (including phenoxy) is 1. The van der Waals surface area contributed by atoms with Gasteiger partial charge in [-0.05, 0) is 37.5 Å². The van der Waals surface area contributed by atoms with Crippen LogP contribution in [0.4, 0.5) is 0 Å². The van der Waals surface area contributed by atoms with Gasteiger partial charge in [-0.3, -0.25) is 14.3 Å². The minimum atomic E-state index is -0.337. The summed E-state index contributed by atoms with van der Waals surface area (Å²) in [6.45, 7) is 1.91. The molecule has 0 amide bonds. The summed E-state index contributed by atoms with van der Waals surface area (Å²) in [5.74, 6) is 0.628. The van der Waals surface area contributed by atoms with Gasteiger partial charge in [0.2, 0.25) is 0 Å². The van der Waals surface area contributed by atoms with Crippen LogP contribution in [0.15, 0.2) is 58.3 Å². The lowest BCUT2D eigenvalue weighted by atomic mass is 10.1. The van der Waals surface area contributed by atoms with E-state index in [-0.39, 0.29) is 17.3 Å². The Labute approximate surface area is 173 Å². The zero-order valence-corrected chi connectivity index (χ0v) is 17.1. The van der Waals surface area contributed by atoms with Crippen LogP contribution in [0.5, 0.6) is 5.75 Å². The molecule has 6 nitrogen and oxygen atoms in total. The quantitative estimate of drug-likeness (QED) is 0.484. The number of pyridine rings is 1. The van der Waals surface area contributed by atoms with E-state index in [2.05, 4.69) is 4.98 Å². The maximum Gasteiger partial charge on any atom is 0.336 e. The first-order chi connectivity index (χ1) is 14.6. The lowest BCUT2D eigenvalue weighted by Crippen LogP contribution is -2.40. The van der Waals surface area contributed by atoms with E-state index in [0.717, 1.165) is 36.6 Å². The monoisotopic (exact) mass is 401 g/mol. The average molecular weight is 401 g/mol. The molecule has 1 saturated carbocycles. The van der Waals surface area contributed by atoms with Crippen LogP contribution in [0.1, 0.15) is 37.3 Å². The number of hydrogen-bond acceptors (Lipinski definition) is 4.